The van der Waals surface area contributed by atoms with Crippen LogP contribution in [-0.4, -0.2) is 19.1 Å². The number of ether oxygens (including phenoxy) is 2. The zero-order chi connectivity index (χ0) is 24.1. The SMILES string of the molecule is CCCN1C(=O)/C(=C\c2cc(I)c(OCc3ccccc3C#N)c(OCC)c2)c2ccccc21. The van der Waals surface area contributed by atoms with Crippen LogP contribution >= 0.6 is 22.6 Å². The number of anilines is 1. The Morgan fingerprint density at radius 3 is 2.59 bits per heavy atom. The molecule has 0 bridgehead atoms. The Balaban J connectivity index is 1.69. The lowest BCUT2D eigenvalue weighted by molar-refractivity contribution is -0.113. The van der Waals surface area contributed by atoms with Crippen LogP contribution in [-0.2, 0) is 11.4 Å². The summed E-state index contributed by atoms with van der Waals surface area (Å²) in [5, 5.41) is 9.36. The van der Waals surface area contributed by atoms with Crippen molar-refractivity contribution >= 4 is 45.8 Å². The molecule has 0 saturated carbocycles. The van der Waals surface area contributed by atoms with E-state index in [1.54, 1.807) is 6.07 Å². The highest BCUT2D eigenvalue weighted by atomic mass is 127. The van der Waals surface area contributed by atoms with E-state index in [9.17, 15) is 10.1 Å². The van der Waals surface area contributed by atoms with Gasteiger partial charge in [0.1, 0.15) is 6.61 Å². The number of halogens is 1. The molecule has 0 saturated heterocycles. The van der Waals surface area contributed by atoms with Gasteiger partial charge in [-0.15, -0.1) is 0 Å². The summed E-state index contributed by atoms with van der Waals surface area (Å²) in [5.41, 5.74) is 4.86. The van der Waals surface area contributed by atoms with E-state index in [1.165, 1.54) is 0 Å². The van der Waals surface area contributed by atoms with E-state index in [4.69, 9.17) is 9.47 Å². The van der Waals surface area contributed by atoms with Crippen LogP contribution in [0.2, 0.25) is 0 Å². The number of nitriles is 1. The Kier molecular flexibility index (Phi) is 7.53. The van der Waals surface area contributed by atoms with Gasteiger partial charge in [-0.05, 0) is 71.8 Å². The molecular formula is C28H25IN2O3. The molecule has 4 rings (SSSR count). The van der Waals surface area contributed by atoms with Crippen molar-refractivity contribution in [2.75, 3.05) is 18.1 Å². The molecule has 6 heteroatoms. The first kappa shape index (κ1) is 23.8. The number of hydrogen-bond donors (Lipinski definition) is 0. The van der Waals surface area contributed by atoms with Gasteiger partial charge in [0.05, 0.1) is 27.5 Å². The second kappa shape index (κ2) is 10.7. The second-order valence-corrected chi connectivity index (χ2v) is 9.01. The minimum atomic E-state index is 0.0180. The largest absolute Gasteiger partial charge is 0.490 e. The number of fused-ring (bicyclic) bond motifs is 1. The van der Waals surface area contributed by atoms with Crippen molar-refractivity contribution in [1.29, 1.82) is 5.26 Å². The molecule has 0 aliphatic carbocycles. The van der Waals surface area contributed by atoms with Crippen molar-refractivity contribution < 1.29 is 14.3 Å². The summed E-state index contributed by atoms with van der Waals surface area (Å²) in [6.07, 6.45) is 2.82. The van der Waals surface area contributed by atoms with Crippen molar-refractivity contribution in [2.45, 2.75) is 26.9 Å². The Hall–Kier alpha value is -3.31. The number of hydrogen-bond acceptors (Lipinski definition) is 4. The summed E-state index contributed by atoms with van der Waals surface area (Å²) in [6.45, 7) is 5.42. The lowest BCUT2D eigenvalue weighted by atomic mass is 10.0. The summed E-state index contributed by atoms with van der Waals surface area (Å²) in [5.74, 6) is 1.26. The van der Waals surface area contributed by atoms with Crippen LogP contribution < -0.4 is 14.4 Å². The molecule has 34 heavy (non-hydrogen) atoms. The quantitative estimate of drug-likeness (QED) is 0.234. The molecule has 3 aromatic rings. The van der Waals surface area contributed by atoms with E-state index < -0.39 is 0 Å². The molecule has 5 nitrogen and oxygen atoms in total. The van der Waals surface area contributed by atoms with E-state index in [0.717, 1.165) is 32.4 Å². The van der Waals surface area contributed by atoms with Crippen molar-refractivity contribution in [3.05, 3.63) is 86.5 Å². The molecule has 0 aromatic heterocycles. The fourth-order valence-corrected chi connectivity index (χ4v) is 4.82. The van der Waals surface area contributed by atoms with Crippen LogP contribution in [0.15, 0.2) is 60.7 Å². The van der Waals surface area contributed by atoms with Gasteiger partial charge in [-0.2, -0.15) is 5.26 Å². The molecule has 3 aromatic carbocycles. The summed E-state index contributed by atoms with van der Waals surface area (Å²) in [4.78, 5) is 15.1. The van der Waals surface area contributed by atoms with Gasteiger partial charge in [-0.1, -0.05) is 43.3 Å². The van der Waals surface area contributed by atoms with Crippen LogP contribution in [0.1, 0.15) is 42.5 Å². The Bertz CT molecular complexity index is 1290. The third kappa shape index (κ3) is 4.80. The van der Waals surface area contributed by atoms with Gasteiger partial charge in [0.25, 0.3) is 5.91 Å². The summed E-state index contributed by atoms with van der Waals surface area (Å²) in [6, 6.07) is 21.4. The summed E-state index contributed by atoms with van der Waals surface area (Å²) < 4.78 is 12.9. The highest BCUT2D eigenvalue weighted by molar-refractivity contribution is 14.1. The maximum atomic E-state index is 13.2. The minimum Gasteiger partial charge on any atom is -0.490 e. The summed E-state index contributed by atoms with van der Waals surface area (Å²) in [7, 11) is 0. The maximum Gasteiger partial charge on any atom is 0.258 e. The second-order valence-electron chi connectivity index (χ2n) is 7.85. The van der Waals surface area contributed by atoms with Crippen molar-refractivity contribution in [3.8, 4) is 17.6 Å². The molecule has 0 N–H and O–H groups in total. The fraction of sp³-hybridized carbons (Fsp3) is 0.214. The molecule has 1 amide bonds. The maximum absolute atomic E-state index is 13.2. The lowest BCUT2D eigenvalue weighted by Crippen LogP contribution is -2.26. The number of para-hydroxylation sites is 1. The van der Waals surface area contributed by atoms with Crippen molar-refractivity contribution in [2.24, 2.45) is 0 Å². The molecular weight excluding hydrogens is 539 g/mol. The summed E-state index contributed by atoms with van der Waals surface area (Å²) >= 11 is 2.23. The first-order valence-electron chi connectivity index (χ1n) is 11.3. The smallest absolute Gasteiger partial charge is 0.258 e. The molecule has 1 heterocycles. The lowest BCUT2D eigenvalue weighted by Gasteiger charge is -2.16. The Morgan fingerprint density at radius 2 is 1.82 bits per heavy atom. The Morgan fingerprint density at radius 1 is 1.06 bits per heavy atom. The van der Waals surface area contributed by atoms with Crippen LogP contribution in [0.5, 0.6) is 11.5 Å². The average molecular weight is 564 g/mol. The van der Waals surface area contributed by atoms with Gasteiger partial charge in [0.15, 0.2) is 11.5 Å². The molecule has 0 fully saturated rings. The van der Waals surface area contributed by atoms with Gasteiger partial charge >= 0.3 is 0 Å². The normalized spacial score (nSPS) is 13.6. The molecule has 1 aliphatic rings. The first-order chi connectivity index (χ1) is 16.6. The van der Waals surface area contributed by atoms with E-state index in [-0.39, 0.29) is 12.5 Å². The van der Waals surface area contributed by atoms with Crippen molar-refractivity contribution in [1.82, 2.24) is 0 Å². The molecule has 1 aliphatic heterocycles. The van der Waals surface area contributed by atoms with Gasteiger partial charge in [-0.25, -0.2) is 0 Å². The third-order valence-corrected chi connectivity index (χ3v) is 6.36. The van der Waals surface area contributed by atoms with Gasteiger partial charge < -0.3 is 14.4 Å². The zero-order valence-electron chi connectivity index (χ0n) is 19.2. The predicted molar refractivity (Wildman–Crippen MR) is 143 cm³/mol. The van der Waals surface area contributed by atoms with E-state index in [1.807, 2.05) is 72.5 Å². The molecule has 172 valence electrons. The number of benzene rings is 3. The number of nitrogens with zero attached hydrogens (tertiary/aromatic N) is 2. The van der Waals surface area contributed by atoms with Crippen molar-refractivity contribution in [3.63, 3.8) is 0 Å². The monoisotopic (exact) mass is 564 g/mol. The van der Waals surface area contributed by atoms with Gasteiger partial charge in [0.2, 0.25) is 0 Å². The number of rotatable bonds is 8. The van der Waals surface area contributed by atoms with Gasteiger partial charge in [0, 0.05) is 23.2 Å². The molecule has 0 spiro atoms. The molecule has 0 unspecified atom stereocenters. The van der Waals surface area contributed by atoms with E-state index in [0.29, 0.717) is 35.8 Å². The first-order valence-corrected chi connectivity index (χ1v) is 12.3. The van der Waals surface area contributed by atoms with Crippen LogP contribution in [0.4, 0.5) is 5.69 Å². The molecule has 0 atom stereocenters. The number of amides is 1. The topological polar surface area (TPSA) is 62.6 Å². The number of carbonyl (C=O) groups excluding carboxylic acids is 1. The minimum absolute atomic E-state index is 0.0180. The van der Waals surface area contributed by atoms with E-state index >= 15 is 0 Å². The fourth-order valence-electron chi connectivity index (χ4n) is 4.04. The Labute approximate surface area is 213 Å². The number of carbonyl (C=O) groups is 1. The van der Waals surface area contributed by atoms with Gasteiger partial charge in [-0.3, -0.25) is 4.79 Å². The van der Waals surface area contributed by atoms with Crippen LogP contribution in [0, 0.1) is 14.9 Å². The van der Waals surface area contributed by atoms with Crippen LogP contribution in [0.25, 0.3) is 11.6 Å². The highest BCUT2D eigenvalue weighted by Crippen LogP contribution is 2.40. The van der Waals surface area contributed by atoms with E-state index in [2.05, 4.69) is 35.6 Å². The zero-order valence-corrected chi connectivity index (χ0v) is 21.3. The highest BCUT2D eigenvalue weighted by Gasteiger charge is 2.31. The standard InChI is InChI=1S/C28H25IN2O3/c1-3-13-31-25-12-8-7-11-22(25)23(28(31)32)14-19-15-24(29)27(26(16-19)33-4-2)34-18-21-10-6-5-9-20(21)17-30/h5-12,14-16H,3-4,13,18H2,1-2H3/b23-14-. The molecule has 0 radical (unpaired) electrons. The average Bonchev–Trinajstić information content (AvgIpc) is 3.10. The predicted octanol–water partition coefficient (Wildman–Crippen LogP) is 6.44. The van der Waals surface area contributed by atoms with Crippen LogP contribution in [0.3, 0.4) is 0 Å². The third-order valence-electron chi connectivity index (χ3n) is 5.56.